The number of sulfone groups is 1. The van der Waals surface area contributed by atoms with E-state index in [4.69, 9.17) is 0 Å². The summed E-state index contributed by atoms with van der Waals surface area (Å²) in [5.41, 5.74) is 0. The minimum Gasteiger partial charge on any atom is -0.338 e. The maximum absolute atomic E-state index is 11.5. The molecule has 0 fully saturated rings. The first-order valence-electron chi connectivity index (χ1n) is 9.80. The Morgan fingerprint density at radius 2 is 1.32 bits per heavy atom. The van der Waals surface area contributed by atoms with Crippen molar-refractivity contribution in [2.24, 2.45) is 0 Å². The van der Waals surface area contributed by atoms with Crippen LogP contribution in [0.25, 0.3) is 0 Å². The van der Waals surface area contributed by atoms with E-state index in [1.165, 1.54) is 12.7 Å². The number of amides is 2. The molecule has 0 aromatic heterocycles. The summed E-state index contributed by atoms with van der Waals surface area (Å²) in [6, 6.07) is -0.0532. The smallest absolute Gasteiger partial charge is 0.314 e. The van der Waals surface area contributed by atoms with Gasteiger partial charge in [0.1, 0.15) is 9.84 Å². The van der Waals surface area contributed by atoms with Gasteiger partial charge in [0, 0.05) is 25.1 Å². The second kappa shape index (κ2) is 16.4. The van der Waals surface area contributed by atoms with Crippen molar-refractivity contribution in [1.82, 2.24) is 10.6 Å². The van der Waals surface area contributed by atoms with Crippen LogP contribution in [0, 0.1) is 0 Å². The molecule has 148 valence electrons. The van der Waals surface area contributed by atoms with Crippen molar-refractivity contribution in [2.45, 2.75) is 77.6 Å². The van der Waals surface area contributed by atoms with Gasteiger partial charge in [0.2, 0.25) is 0 Å². The molecule has 0 radical (unpaired) electrons. The average molecular weight is 375 g/mol. The van der Waals surface area contributed by atoms with E-state index < -0.39 is 9.84 Å². The maximum atomic E-state index is 11.5. The fourth-order valence-electron chi connectivity index (χ4n) is 2.44. The van der Waals surface area contributed by atoms with Gasteiger partial charge in [-0.25, -0.2) is 13.2 Å². The van der Waals surface area contributed by atoms with Gasteiger partial charge in [0.25, 0.3) is 0 Å². The van der Waals surface area contributed by atoms with E-state index in [0.717, 1.165) is 77.3 Å². The van der Waals surface area contributed by atoms with Crippen LogP contribution in [0.3, 0.4) is 0 Å². The molecule has 0 spiro atoms. The molecule has 0 saturated heterocycles. The highest BCUT2D eigenvalue weighted by Gasteiger charge is 2.00. The van der Waals surface area contributed by atoms with Crippen LogP contribution < -0.4 is 10.6 Å². The topological polar surface area (TPSA) is 75.3 Å². The van der Waals surface area contributed by atoms with Crippen molar-refractivity contribution < 1.29 is 13.2 Å². The lowest BCUT2D eigenvalue weighted by atomic mass is 10.1. The lowest BCUT2D eigenvalue weighted by molar-refractivity contribution is 0.240. The van der Waals surface area contributed by atoms with Crippen molar-refractivity contribution in [3.63, 3.8) is 0 Å². The van der Waals surface area contributed by atoms with E-state index >= 15 is 0 Å². The third-order valence-electron chi connectivity index (χ3n) is 3.95. The molecule has 0 bridgehead atoms. The van der Waals surface area contributed by atoms with Crippen molar-refractivity contribution >= 4 is 15.9 Å². The predicted octanol–water partition coefficient (Wildman–Crippen LogP) is 4.20. The van der Waals surface area contributed by atoms with E-state index in [-0.39, 0.29) is 6.03 Å². The van der Waals surface area contributed by atoms with Gasteiger partial charge in [-0.3, -0.25) is 0 Å². The summed E-state index contributed by atoms with van der Waals surface area (Å²) in [6.45, 7) is 3.64. The summed E-state index contributed by atoms with van der Waals surface area (Å²) in [7, 11) is -2.79. The molecule has 0 aliphatic rings. The van der Waals surface area contributed by atoms with Gasteiger partial charge < -0.3 is 10.6 Å². The number of carbonyl (C=O) groups excluding carboxylic acids is 1. The van der Waals surface area contributed by atoms with Gasteiger partial charge >= 0.3 is 6.03 Å². The number of nitrogens with one attached hydrogen (secondary N) is 2. The molecule has 0 heterocycles. The number of rotatable bonds is 16. The maximum Gasteiger partial charge on any atom is 0.314 e. The highest BCUT2D eigenvalue weighted by Crippen LogP contribution is 2.06. The van der Waals surface area contributed by atoms with E-state index in [2.05, 4.69) is 29.7 Å². The van der Waals surface area contributed by atoms with Gasteiger partial charge in [0.15, 0.2) is 0 Å². The summed E-state index contributed by atoms with van der Waals surface area (Å²) in [5.74, 6) is 0.313. The highest BCUT2D eigenvalue weighted by atomic mass is 32.2. The molecule has 25 heavy (non-hydrogen) atoms. The van der Waals surface area contributed by atoms with E-state index in [9.17, 15) is 13.2 Å². The van der Waals surface area contributed by atoms with E-state index in [0.29, 0.717) is 5.75 Å². The fraction of sp³-hybridized carbons (Fsp3) is 0.842. The molecule has 0 aliphatic carbocycles. The third-order valence-corrected chi connectivity index (χ3v) is 4.98. The van der Waals surface area contributed by atoms with Gasteiger partial charge in [-0.05, 0) is 44.9 Å². The second-order valence-electron chi connectivity index (χ2n) is 6.69. The normalized spacial score (nSPS) is 11.8. The molecule has 0 aromatic rings. The summed E-state index contributed by atoms with van der Waals surface area (Å²) < 4.78 is 22.0. The van der Waals surface area contributed by atoms with Crippen LogP contribution in [0.5, 0.6) is 0 Å². The molecule has 0 rings (SSSR count). The van der Waals surface area contributed by atoms with Crippen LogP contribution >= 0.6 is 0 Å². The second-order valence-corrected chi connectivity index (χ2v) is 8.95. The van der Waals surface area contributed by atoms with Gasteiger partial charge in [0.05, 0.1) is 0 Å². The summed E-state index contributed by atoms with van der Waals surface area (Å²) in [5, 5.41) is 5.75. The minimum atomic E-state index is -2.79. The van der Waals surface area contributed by atoms with E-state index in [1.54, 1.807) is 0 Å². The first kappa shape index (κ1) is 24.0. The van der Waals surface area contributed by atoms with Crippen LogP contribution in [0.4, 0.5) is 4.79 Å². The molecular formula is C19H38N2O3S. The van der Waals surface area contributed by atoms with Crippen LogP contribution in [-0.4, -0.2) is 39.5 Å². The van der Waals surface area contributed by atoms with Crippen LogP contribution in [-0.2, 0) is 9.84 Å². The van der Waals surface area contributed by atoms with E-state index in [1.807, 2.05) is 0 Å². The first-order valence-corrected chi connectivity index (χ1v) is 11.9. The van der Waals surface area contributed by atoms with Crippen LogP contribution in [0.15, 0.2) is 12.2 Å². The number of urea groups is 1. The molecule has 5 nitrogen and oxygen atoms in total. The number of hydrogen-bond donors (Lipinski definition) is 2. The zero-order chi connectivity index (χ0) is 18.8. The summed E-state index contributed by atoms with van der Waals surface area (Å²) in [4.78, 5) is 11.5. The first-order chi connectivity index (χ1) is 12.0. The Morgan fingerprint density at radius 3 is 1.88 bits per heavy atom. The number of hydrogen-bond acceptors (Lipinski definition) is 3. The van der Waals surface area contributed by atoms with Crippen molar-refractivity contribution in [2.75, 3.05) is 25.1 Å². The molecule has 0 unspecified atom stereocenters. The summed E-state index contributed by atoms with van der Waals surface area (Å²) >= 11 is 0. The number of carbonyl (C=O) groups is 1. The monoisotopic (exact) mass is 374 g/mol. The summed E-state index contributed by atoms with van der Waals surface area (Å²) in [6.07, 6.45) is 17.3. The Balaban J connectivity index is 3.29. The zero-order valence-electron chi connectivity index (χ0n) is 16.2. The molecule has 2 amide bonds. The molecular weight excluding hydrogens is 336 g/mol. The predicted molar refractivity (Wildman–Crippen MR) is 107 cm³/mol. The minimum absolute atomic E-state index is 0.0532. The molecule has 0 atom stereocenters. The Morgan fingerprint density at radius 1 is 0.800 bits per heavy atom. The van der Waals surface area contributed by atoms with Crippen molar-refractivity contribution in [1.29, 1.82) is 0 Å². The number of unbranched alkanes of at least 4 members (excludes halogenated alkanes) is 8. The number of allylic oxidation sites excluding steroid dienone is 2. The van der Waals surface area contributed by atoms with Crippen molar-refractivity contribution in [3.05, 3.63) is 12.2 Å². The fourth-order valence-corrected chi connectivity index (χ4v) is 3.17. The van der Waals surface area contributed by atoms with Gasteiger partial charge in [-0.2, -0.15) is 0 Å². The standard InChI is InChI=1S/C19H38N2O3S/c1-3-4-13-16-20-19(22)21-17-14-11-9-7-5-6-8-10-12-15-18-25(2,23)24/h5,7H,3-4,6,8-18H2,1-2H3,(H2,20,21,22)/b7-5-. The van der Waals surface area contributed by atoms with Crippen LogP contribution in [0.2, 0.25) is 0 Å². The third kappa shape index (κ3) is 20.9. The Labute approximate surface area is 155 Å². The molecule has 0 aromatic carbocycles. The molecule has 6 heteroatoms. The SMILES string of the molecule is CCCCCNC(=O)NCCCC/C=C\CCCCCCS(C)(=O)=O. The lowest BCUT2D eigenvalue weighted by Gasteiger charge is -2.06. The Bertz CT molecular complexity index is 448. The quantitative estimate of drug-likeness (QED) is 0.314. The highest BCUT2D eigenvalue weighted by molar-refractivity contribution is 7.90. The largest absolute Gasteiger partial charge is 0.338 e. The van der Waals surface area contributed by atoms with Gasteiger partial charge in [-0.1, -0.05) is 44.8 Å². The zero-order valence-corrected chi connectivity index (χ0v) is 17.0. The van der Waals surface area contributed by atoms with Crippen molar-refractivity contribution in [3.8, 4) is 0 Å². The Hall–Kier alpha value is -1.04. The molecule has 2 N–H and O–H groups in total. The van der Waals surface area contributed by atoms with Crippen LogP contribution in [0.1, 0.15) is 77.6 Å². The lowest BCUT2D eigenvalue weighted by Crippen LogP contribution is -2.36. The molecule has 0 aliphatic heterocycles. The van der Waals surface area contributed by atoms with Gasteiger partial charge in [-0.15, -0.1) is 0 Å². The molecule has 0 saturated carbocycles. The average Bonchev–Trinajstić information content (AvgIpc) is 2.55. The Kier molecular flexibility index (Phi) is 15.7.